The van der Waals surface area contributed by atoms with Crippen LogP contribution in [0.3, 0.4) is 0 Å². The van der Waals surface area contributed by atoms with Gasteiger partial charge in [0.1, 0.15) is 0 Å². The van der Waals surface area contributed by atoms with E-state index in [2.05, 4.69) is 17.1 Å². The average molecular weight is 270 g/mol. The summed E-state index contributed by atoms with van der Waals surface area (Å²) in [4.78, 5) is 27.2. The molecule has 1 heterocycles. The Bertz CT molecular complexity index is 301. The molecule has 0 radical (unpaired) electrons. The van der Waals surface area contributed by atoms with Crippen molar-refractivity contribution in [2.45, 2.75) is 19.8 Å². The lowest BCUT2D eigenvalue weighted by Gasteiger charge is -2.34. The monoisotopic (exact) mass is 270 g/mol. The van der Waals surface area contributed by atoms with Crippen molar-refractivity contribution in [3.63, 3.8) is 0 Å². The van der Waals surface area contributed by atoms with Gasteiger partial charge in [0.15, 0.2) is 0 Å². The van der Waals surface area contributed by atoms with Crippen LogP contribution in [0.2, 0.25) is 0 Å². The topological polar surface area (TPSA) is 78.7 Å². The molecule has 1 saturated heterocycles. The number of nitrogens with zero attached hydrogens (tertiary/aromatic N) is 2. The molecule has 1 unspecified atom stereocenters. The third kappa shape index (κ3) is 5.57. The van der Waals surface area contributed by atoms with Gasteiger partial charge < -0.3 is 16.0 Å². The van der Waals surface area contributed by atoms with E-state index in [1.54, 1.807) is 7.05 Å². The van der Waals surface area contributed by atoms with Gasteiger partial charge in [0.2, 0.25) is 11.8 Å². The second kappa shape index (κ2) is 8.12. The summed E-state index contributed by atoms with van der Waals surface area (Å²) < 4.78 is 0. The number of rotatable bonds is 6. The fourth-order valence-electron chi connectivity index (χ4n) is 2.08. The molecule has 1 rings (SSSR count). The molecule has 0 aliphatic carbocycles. The van der Waals surface area contributed by atoms with Gasteiger partial charge in [-0.05, 0) is 18.9 Å². The molecule has 1 aliphatic rings. The first-order valence-corrected chi connectivity index (χ1v) is 6.97. The van der Waals surface area contributed by atoms with Gasteiger partial charge in [0.25, 0.3) is 0 Å². The Balaban J connectivity index is 2.25. The van der Waals surface area contributed by atoms with Crippen LogP contribution in [0.15, 0.2) is 0 Å². The molecule has 2 amide bonds. The Morgan fingerprint density at radius 2 is 1.89 bits per heavy atom. The molecule has 0 aromatic heterocycles. The second-order valence-electron chi connectivity index (χ2n) is 5.21. The van der Waals surface area contributed by atoms with Crippen molar-refractivity contribution in [3.05, 3.63) is 0 Å². The number of piperazine rings is 1. The van der Waals surface area contributed by atoms with Crippen LogP contribution in [-0.4, -0.2) is 67.9 Å². The highest BCUT2D eigenvalue weighted by atomic mass is 16.2. The predicted octanol–water partition coefficient (Wildman–Crippen LogP) is -0.748. The number of hydrogen-bond acceptors (Lipinski definition) is 4. The molecule has 1 atom stereocenters. The first kappa shape index (κ1) is 15.9. The van der Waals surface area contributed by atoms with Crippen molar-refractivity contribution < 1.29 is 9.59 Å². The van der Waals surface area contributed by atoms with Crippen molar-refractivity contribution in [1.82, 2.24) is 15.1 Å². The van der Waals surface area contributed by atoms with Crippen LogP contribution in [0.5, 0.6) is 0 Å². The Morgan fingerprint density at radius 3 is 2.42 bits per heavy atom. The zero-order valence-electron chi connectivity index (χ0n) is 12.0. The summed E-state index contributed by atoms with van der Waals surface area (Å²) in [5.41, 5.74) is 5.54. The van der Waals surface area contributed by atoms with E-state index in [1.165, 1.54) is 0 Å². The highest BCUT2D eigenvalue weighted by Crippen LogP contribution is 2.08. The van der Waals surface area contributed by atoms with Gasteiger partial charge in [-0.3, -0.25) is 14.5 Å². The summed E-state index contributed by atoms with van der Waals surface area (Å²) in [6, 6.07) is 0. The maximum Gasteiger partial charge on any atom is 0.233 e. The molecule has 0 aromatic rings. The van der Waals surface area contributed by atoms with E-state index in [9.17, 15) is 9.59 Å². The molecule has 1 fully saturated rings. The van der Waals surface area contributed by atoms with Crippen molar-refractivity contribution in [3.8, 4) is 0 Å². The van der Waals surface area contributed by atoms with Gasteiger partial charge in [-0.15, -0.1) is 0 Å². The molecule has 0 saturated carbocycles. The number of hydrogen-bond donors (Lipinski definition) is 2. The summed E-state index contributed by atoms with van der Waals surface area (Å²) >= 11 is 0. The molecule has 6 nitrogen and oxygen atoms in total. The molecule has 1 aliphatic heterocycles. The molecular formula is C13H26N4O2. The third-order valence-corrected chi connectivity index (χ3v) is 3.62. The molecule has 3 N–H and O–H groups in total. The molecular weight excluding hydrogens is 244 g/mol. The number of nitrogens with two attached hydrogens (primary N) is 1. The van der Waals surface area contributed by atoms with E-state index >= 15 is 0 Å². The standard InChI is InChI=1S/C13H26N4O2/c1-11(9-14)3-4-13(19)17-7-5-16(6-8-17)10-12(18)15-2/h11H,3-10,14H2,1-2H3,(H,15,18). The van der Waals surface area contributed by atoms with Crippen LogP contribution in [-0.2, 0) is 9.59 Å². The average Bonchev–Trinajstić information content (AvgIpc) is 2.44. The highest BCUT2D eigenvalue weighted by molar-refractivity contribution is 5.78. The van der Waals surface area contributed by atoms with Crippen LogP contribution in [0, 0.1) is 5.92 Å². The Hall–Kier alpha value is -1.14. The van der Waals surface area contributed by atoms with Crippen LogP contribution < -0.4 is 11.1 Å². The van der Waals surface area contributed by atoms with E-state index in [0.29, 0.717) is 38.5 Å². The smallest absolute Gasteiger partial charge is 0.233 e. The maximum atomic E-state index is 12.0. The highest BCUT2D eigenvalue weighted by Gasteiger charge is 2.22. The fourth-order valence-corrected chi connectivity index (χ4v) is 2.08. The number of amides is 2. The van der Waals surface area contributed by atoms with E-state index in [-0.39, 0.29) is 11.8 Å². The van der Waals surface area contributed by atoms with Crippen molar-refractivity contribution in [2.24, 2.45) is 11.7 Å². The second-order valence-corrected chi connectivity index (χ2v) is 5.21. The van der Waals surface area contributed by atoms with Gasteiger partial charge in [-0.1, -0.05) is 6.92 Å². The summed E-state index contributed by atoms with van der Waals surface area (Å²) in [5, 5.41) is 2.61. The van der Waals surface area contributed by atoms with Gasteiger partial charge in [-0.2, -0.15) is 0 Å². The molecule has 19 heavy (non-hydrogen) atoms. The van der Waals surface area contributed by atoms with E-state index in [4.69, 9.17) is 5.73 Å². The molecule has 110 valence electrons. The predicted molar refractivity (Wildman–Crippen MR) is 74.5 cm³/mol. The van der Waals surface area contributed by atoms with Gasteiger partial charge in [0, 0.05) is 39.6 Å². The van der Waals surface area contributed by atoms with E-state index in [0.717, 1.165) is 19.5 Å². The third-order valence-electron chi connectivity index (χ3n) is 3.62. The minimum Gasteiger partial charge on any atom is -0.358 e. The lowest BCUT2D eigenvalue weighted by atomic mass is 10.1. The summed E-state index contributed by atoms with van der Waals surface area (Å²) in [6.45, 7) is 6.08. The van der Waals surface area contributed by atoms with E-state index in [1.807, 2.05) is 4.90 Å². The Kier molecular flexibility index (Phi) is 6.80. The summed E-state index contributed by atoms with van der Waals surface area (Å²) in [6.07, 6.45) is 1.43. The van der Waals surface area contributed by atoms with Crippen LogP contribution in [0.1, 0.15) is 19.8 Å². The molecule has 0 bridgehead atoms. The fraction of sp³-hybridized carbons (Fsp3) is 0.846. The lowest BCUT2D eigenvalue weighted by Crippen LogP contribution is -2.50. The maximum absolute atomic E-state index is 12.0. The minimum atomic E-state index is 0.0246. The molecule has 6 heteroatoms. The first-order chi connectivity index (χ1) is 9.06. The minimum absolute atomic E-state index is 0.0246. The normalized spacial score (nSPS) is 18.2. The number of nitrogens with one attached hydrogen (secondary N) is 1. The lowest BCUT2D eigenvalue weighted by molar-refractivity contribution is -0.133. The first-order valence-electron chi connectivity index (χ1n) is 6.97. The number of carbonyl (C=O) groups excluding carboxylic acids is 2. The number of carbonyl (C=O) groups is 2. The Morgan fingerprint density at radius 1 is 1.26 bits per heavy atom. The molecule has 0 aromatic carbocycles. The van der Waals surface area contributed by atoms with E-state index < -0.39 is 0 Å². The quantitative estimate of drug-likeness (QED) is 0.666. The van der Waals surface area contributed by atoms with Crippen molar-refractivity contribution >= 4 is 11.8 Å². The van der Waals surface area contributed by atoms with Crippen molar-refractivity contribution in [1.29, 1.82) is 0 Å². The number of likely N-dealkylation sites (N-methyl/N-ethyl adjacent to an activating group) is 1. The summed E-state index contributed by atoms with van der Waals surface area (Å²) in [5.74, 6) is 0.634. The van der Waals surface area contributed by atoms with Crippen LogP contribution >= 0.6 is 0 Å². The van der Waals surface area contributed by atoms with Gasteiger partial charge >= 0.3 is 0 Å². The summed E-state index contributed by atoms with van der Waals surface area (Å²) in [7, 11) is 1.64. The van der Waals surface area contributed by atoms with Crippen LogP contribution in [0.4, 0.5) is 0 Å². The zero-order chi connectivity index (χ0) is 14.3. The van der Waals surface area contributed by atoms with Gasteiger partial charge in [-0.25, -0.2) is 0 Å². The van der Waals surface area contributed by atoms with Gasteiger partial charge in [0.05, 0.1) is 6.54 Å². The van der Waals surface area contributed by atoms with Crippen molar-refractivity contribution in [2.75, 3.05) is 46.3 Å². The largest absolute Gasteiger partial charge is 0.358 e. The van der Waals surface area contributed by atoms with Crippen LogP contribution in [0.25, 0.3) is 0 Å². The molecule has 0 spiro atoms. The SMILES string of the molecule is CNC(=O)CN1CCN(C(=O)CCC(C)CN)CC1. The zero-order valence-corrected chi connectivity index (χ0v) is 12.0. The Labute approximate surface area is 115 Å².